The molecule has 2 unspecified atom stereocenters. The summed E-state index contributed by atoms with van der Waals surface area (Å²) in [6, 6.07) is 8.70. The number of nitrogens with one attached hydrogen (secondary N) is 2. The largest absolute Gasteiger partial charge is 0.496 e. The van der Waals surface area contributed by atoms with E-state index in [0.29, 0.717) is 5.92 Å². The maximum absolute atomic E-state index is 5.69. The second kappa shape index (κ2) is 13.0. The summed E-state index contributed by atoms with van der Waals surface area (Å²) in [5, 5.41) is 7.08. The van der Waals surface area contributed by atoms with Gasteiger partial charge in [-0.05, 0) is 51.9 Å². The Morgan fingerprint density at radius 1 is 1.06 bits per heavy atom. The Bertz CT molecular complexity index is 697. The fourth-order valence-corrected chi connectivity index (χ4v) is 4.74. The van der Waals surface area contributed by atoms with Gasteiger partial charge in [-0.2, -0.15) is 0 Å². The van der Waals surface area contributed by atoms with Crippen molar-refractivity contribution in [2.75, 3.05) is 79.6 Å². The molecule has 3 rings (SSSR count). The summed E-state index contributed by atoms with van der Waals surface area (Å²) in [5.41, 5.74) is 1.25. The summed E-state index contributed by atoms with van der Waals surface area (Å²) in [4.78, 5) is 12.5. The van der Waals surface area contributed by atoms with Crippen LogP contribution in [0.2, 0.25) is 0 Å². The Morgan fingerprint density at radius 2 is 1.78 bits per heavy atom. The summed E-state index contributed by atoms with van der Waals surface area (Å²) in [6.45, 7) is 15.0. The standard InChI is InChI=1S/C25H44N6O/c1-5-26-25(27-18-21(2)20-30-16-14-29(3)15-17-30)28-19-23(31-12-8-9-13-31)22-10-6-7-11-24(22)32-4/h6-7,10-11,21,23H,5,8-9,12-20H2,1-4H3,(H2,26,27,28). The van der Waals surface area contributed by atoms with Crippen molar-refractivity contribution in [3.05, 3.63) is 29.8 Å². The van der Waals surface area contributed by atoms with Gasteiger partial charge < -0.3 is 25.2 Å². The van der Waals surface area contributed by atoms with E-state index in [2.05, 4.69) is 64.4 Å². The SMILES string of the molecule is CCNC(=NCC(C)CN1CCN(C)CC1)NCC(c1ccccc1OC)N1CCCC1. The third-order valence-electron chi connectivity index (χ3n) is 6.61. The predicted octanol–water partition coefficient (Wildman–Crippen LogP) is 2.27. The molecular formula is C25H44N6O. The van der Waals surface area contributed by atoms with Crippen molar-refractivity contribution in [1.29, 1.82) is 0 Å². The van der Waals surface area contributed by atoms with Crippen molar-refractivity contribution in [3.63, 3.8) is 0 Å². The Morgan fingerprint density at radius 3 is 2.47 bits per heavy atom. The molecule has 180 valence electrons. The van der Waals surface area contributed by atoms with Gasteiger partial charge in [0.25, 0.3) is 0 Å². The van der Waals surface area contributed by atoms with Gasteiger partial charge in [0.1, 0.15) is 5.75 Å². The lowest BCUT2D eigenvalue weighted by molar-refractivity contribution is 0.140. The van der Waals surface area contributed by atoms with Gasteiger partial charge in [-0.3, -0.25) is 9.89 Å². The predicted molar refractivity (Wildman–Crippen MR) is 134 cm³/mol. The monoisotopic (exact) mass is 444 g/mol. The van der Waals surface area contributed by atoms with E-state index >= 15 is 0 Å². The average molecular weight is 445 g/mol. The van der Waals surface area contributed by atoms with Gasteiger partial charge in [0.15, 0.2) is 5.96 Å². The lowest BCUT2D eigenvalue weighted by Crippen LogP contribution is -2.46. The molecule has 1 aromatic carbocycles. The molecule has 0 amide bonds. The quantitative estimate of drug-likeness (QED) is 0.427. The van der Waals surface area contributed by atoms with Crippen molar-refractivity contribution < 1.29 is 4.74 Å². The molecule has 7 nitrogen and oxygen atoms in total. The summed E-state index contributed by atoms with van der Waals surface area (Å²) < 4.78 is 5.69. The molecule has 7 heteroatoms. The Kier molecular flexibility index (Phi) is 10.1. The van der Waals surface area contributed by atoms with Gasteiger partial charge >= 0.3 is 0 Å². The molecule has 32 heavy (non-hydrogen) atoms. The van der Waals surface area contributed by atoms with Crippen LogP contribution < -0.4 is 15.4 Å². The average Bonchev–Trinajstić information content (AvgIpc) is 3.34. The van der Waals surface area contributed by atoms with Gasteiger partial charge in [-0.1, -0.05) is 25.1 Å². The highest BCUT2D eigenvalue weighted by Gasteiger charge is 2.26. The number of rotatable bonds is 10. The molecule has 2 heterocycles. The molecule has 2 fully saturated rings. The number of nitrogens with zero attached hydrogens (tertiary/aromatic N) is 4. The first-order valence-electron chi connectivity index (χ1n) is 12.4. The molecule has 2 atom stereocenters. The van der Waals surface area contributed by atoms with Gasteiger partial charge in [0, 0.05) is 57.9 Å². The van der Waals surface area contributed by atoms with E-state index < -0.39 is 0 Å². The highest BCUT2D eigenvalue weighted by molar-refractivity contribution is 5.79. The minimum atomic E-state index is 0.278. The number of hydrogen-bond donors (Lipinski definition) is 2. The lowest BCUT2D eigenvalue weighted by atomic mass is 10.0. The number of hydrogen-bond acceptors (Lipinski definition) is 5. The summed E-state index contributed by atoms with van der Waals surface area (Å²) in [5.74, 6) is 2.42. The molecule has 0 aliphatic carbocycles. The summed E-state index contributed by atoms with van der Waals surface area (Å²) in [7, 11) is 3.97. The van der Waals surface area contributed by atoms with E-state index in [1.807, 2.05) is 6.07 Å². The van der Waals surface area contributed by atoms with E-state index in [4.69, 9.17) is 9.73 Å². The van der Waals surface area contributed by atoms with Crippen molar-refractivity contribution in [1.82, 2.24) is 25.3 Å². The number of benzene rings is 1. The molecule has 0 aromatic heterocycles. The maximum atomic E-state index is 5.69. The maximum Gasteiger partial charge on any atom is 0.191 e. The van der Waals surface area contributed by atoms with Gasteiger partial charge in [-0.15, -0.1) is 0 Å². The van der Waals surface area contributed by atoms with E-state index in [1.54, 1.807) is 7.11 Å². The number of methoxy groups -OCH3 is 1. The molecule has 2 aliphatic heterocycles. The minimum absolute atomic E-state index is 0.278. The van der Waals surface area contributed by atoms with Crippen LogP contribution >= 0.6 is 0 Å². The molecular weight excluding hydrogens is 400 g/mol. The Balaban J connectivity index is 1.60. The second-order valence-electron chi connectivity index (χ2n) is 9.31. The number of likely N-dealkylation sites (tertiary alicyclic amines) is 1. The Hall–Kier alpha value is -1.83. The van der Waals surface area contributed by atoms with Crippen LogP contribution in [0.3, 0.4) is 0 Å². The minimum Gasteiger partial charge on any atom is -0.496 e. The van der Waals surface area contributed by atoms with Crippen LogP contribution in [0.1, 0.15) is 38.3 Å². The third-order valence-corrected chi connectivity index (χ3v) is 6.61. The fraction of sp³-hybridized carbons (Fsp3) is 0.720. The lowest BCUT2D eigenvalue weighted by Gasteiger charge is -2.33. The first-order chi connectivity index (χ1) is 15.6. The molecule has 0 saturated carbocycles. The topological polar surface area (TPSA) is 55.4 Å². The van der Waals surface area contributed by atoms with Gasteiger partial charge in [-0.25, -0.2) is 0 Å². The van der Waals surface area contributed by atoms with Crippen LogP contribution in [-0.2, 0) is 0 Å². The molecule has 0 bridgehead atoms. The fourth-order valence-electron chi connectivity index (χ4n) is 4.74. The Labute approximate surface area is 195 Å². The molecule has 1 aromatic rings. The summed E-state index contributed by atoms with van der Waals surface area (Å²) >= 11 is 0. The molecule has 2 aliphatic rings. The van der Waals surface area contributed by atoms with Crippen LogP contribution in [-0.4, -0.2) is 100 Å². The van der Waals surface area contributed by atoms with Crippen LogP contribution in [0.4, 0.5) is 0 Å². The van der Waals surface area contributed by atoms with Crippen LogP contribution in [0, 0.1) is 5.92 Å². The first-order valence-corrected chi connectivity index (χ1v) is 12.4. The van der Waals surface area contributed by atoms with Crippen LogP contribution in [0.5, 0.6) is 5.75 Å². The highest BCUT2D eigenvalue weighted by Crippen LogP contribution is 2.31. The normalized spacial score (nSPS) is 20.8. The van der Waals surface area contributed by atoms with Gasteiger partial charge in [0.2, 0.25) is 0 Å². The first kappa shape index (κ1) is 24.8. The van der Waals surface area contributed by atoms with E-state index in [1.165, 1.54) is 44.6 Å². The van der Waals surface area contributed by atoms with Crippen molar-refractivity contribution in [3.8, 4) is 5.75 Å². The van der Waals surface area contributed by atoms with Crippen molar-refractivity contribution in [2.45, 2.75) is 32.7 Å². The molecule has 2 saturated heterocycles. The number of para-hydroxylation sites is 1. The molecule has 0 radical (unpaired) electrons. The number of guanidine groups is 1. The van der Waals surface area contributed by atoms with E-state index in [0.717, 1.165) is 51.0 Å². The number of piperazine rings is 1. The van der Waals surface area contributed by atoms with E-state index in [-0.39, 0.29) is 6.04 Å². The molecule has 2 N–H and O–H groups in total. The number of aliphatic imine (C=N–C) groups is 1. The van der Waals surface area contributed by atoms with Crippen LogP contribution in [0.25, 0.3) is 0 Å². The number of ether oxygens (including phenoxy) is 1. The third kappa shape index (κ3) is 7.36. The van der Waals surface area contributed by atoms with Crippen molar-refractivity contribution in [2.24, 2.45) is 10.9 Å². The second-order valence-corrected chi connectivity index (χ2v) is 9.31. The zero-order valence-electron chi connectivity index (χ0n) is 20.6. The smallest absolute Gasteiger partial charge is 0.191 e. The molecule has 0 spiro atoms. The zero-order valence-corrected chi connectivity index (χ0v) is 20.6. The highest BCUT2D eigenvalue weighted by atomic mass is 16.5. The van der Waals surface area contributed by atoms with E-state index in [9.17, 15) is 0 Å². The number of likely N-dealkylation sites (N-methyl/N-ethyl adjacent to an activating group) is 1. The van der Waals surface area contributed by atoms with Crippen LogP contribution in [0.15, 0.2) is 29.3 Å². The van der Waals surface area contributed by atoms with Crippen molar-refractivity contribution >= 4 is 5.96 Å². The zero-order chi connectivity index (χ0) is 22.8. The van der Waals surface area contributed by atoms with Gasteiger partial charge in [0.05, 0.1) is 13.2 Å². The summed E-state index contributed by atoms with van der Waals surface area (Å²) in [6.07, 6.45) is 2.53.